The van der Waals surface area contributed by atoms with E-state index in [0.717, 1.165) is 44.9 Å². The Balaban J connectivity index is 1.35. The van der Waals surface area contributed by atoms with Crippen molar-refractivity contribution in [3.8, 4) is 0 Å². The minimum Gasteiger partial charge on any atom is -0.359 e. The minimum atomic E-state index is -0.322. The van der Waals surface area contributed by atoms with Crippen LogP contribution in [0, 0.1) is 50.2 Å². The van der Waals surface area contributed by atoms with Gasteiger partial charge in [-0.05, 0) is 108 Å². The van der Waals surface area contributed by atoms with Crippen LogP contribution in [0.5, 0.6) is 0 Å². The number of hydrogen-bond donors (Lipinski definition) is 1. The second kappa shape index (κ2) is 12.5. The van der Waals surface area contributed by atoms with Crippen molar-refractivity contribution in [1.82, 2.24) is 5.32 Å². The lowest BCUT2D eigenvalue weighted by Gasteiger charge is -2.72. The van der Waals surface area contributed by atoms with E-state index in [1.54, 1.807) is 19.8 Å². The van der Waals surface area contributed by atoms with Crippen molar-refractivity contribution in [2.75, 3.05) is 27.8 Å². The highest BCUT2D eigenvalue weighted by molar-refractivity contribution is 5.84. The van der Waals surface area contributed by atoms with Gasteiger partial charge in [0.25, 0.3) is 0 Å². The SMILES string of the molecule is COCO[C@@H]1C[C@]2(C)[C@H]3CC=C4[C@@H]5CC(C)(C)CC[C@]5(C(=O)NCc5ccccc5)CC[C@@]4(C)[C@]3(C)CC[C@H]2C(C)(C)[C@H]1OCOC. The molecule has 0 saturated heterocycles. The number of allylic oxidation sites excluding steroid dienone is 2. The second-order valence-corrected chi connectivity index (χ2v) is 18.2. The summed E-state index contributed by atoms with van der Waals surface area (Å²) >= 11 is 0. The first kappa shape index (κ1) is 35.1. The Labute approximate surface area is 285 Å². The van der Waals surface area contributed by atoms with Crippen molar-refractivity contribution in [2.45, 2.75) is 125 Å². The fraction of sp³-hybridized carbons (Fsp3) is 0.780. The second-order valence-electron chi connectivity index (χ2n) is 18.2. The van der Waals surface area contributed by atoms with Crippen molar-refractivity contribution >= 4 is 5.91 Å². The third kappa shape index (κ3) is 5.56. The number of benzene rings is 1. The summed E-state index contributed by atoms with van der Waals surface area (Å²) in [5.74, 6) is 1.60. The molecule has 6 heteroatoms. The number of carbonyl (C=O) groups excluding carboxylic acids is 1. The van der Waals surface area contributed by atoms with Crippen LogP contribution in [0.2, 0.25) is 0 Å². The molecule has 1 aromatic rings. The fourth-order valence-electron chi connectivity index (χ4n) is 12.5. The van der Waals surface area contributed by atoms with Crippen LogP contribution in [0.1, 0.15) is 112 Å². The van der Waals surface area contributed by atoms with E-state index in [9.17, 15) is 4.79 Å². The van der Waals surface area contributed by atoms with E-state index < -0.39 is 0 Å². The van der Waals surface area contributed by atoms with Crippen LogP contribution in [0.15, 0.2) is 42.0 Å². The molecule has 262 valence electrons. The number of carbonyl (C=O) groups is 1. The molecule has 1 amide bonds. The molecule has 0 unspecified atom stereocenters. The minimum absolute atomic E-state index is 0.0560. The van der Waals surface area contributed by atoms with E-state index >= 15 is 0 Å². The number of methoxy groups -OCH3 is 2. The van der Waals surface area contributed by atoms with Gasteiger partial charge in [-0.3, -0.25) is 4.79 Å². The van der Waals surface area contributed by atoms with E-state index in [2.05, 4.69) is 84.1 Å². The van der Waals surface area contributed by atoms with Crippen molar-refractivity contribution in [3.63, 3.8) is 0 Å². The highest BCUT2D eigenvalue weighted by Gasteiger charge is 2.70. The van der Waals surface area contributed by atoms with Crippen molar-refractivity contribution in [1.29, 1.82) is 0 Å². The first-order valence-electron chi connectivity index (χ1n) is 18.4. The molecule has 0 bridgehead atoms. The number of ether oxygens (including phenoxy) is 4. The van der Waals surface area contributed by atoms with Crippen LogP contribution < -0.4 is 5.32 Å². The summed E-state index contributed by atoms with van der Waals surface area (Å²) in [4.78, 5) is 14.4. The lowest BCUT2D eigenvalue weighted by atomic mass is 9.33. The number of fused-ring (bicyclic) bond motifs is 7. The van der Waals surface area contributed by atoms with Gasteiger partial charge < -0.3 is 24.3 Å². The number of rotatable bonds is 9. The normalized spacial score (nSPS) is 41.8. The maximum Gasteiger partial charge on any atom is 0.227 e. The average molecular weight is 650 g/mol. The van der Waals surface area contributed by atoms with E-state index in [-0.39, 0.29) is 70.1 Å². The van der Waals surface area contributed by atoms with Gasteiger partial charge in [-0.15, -0.1) is 0 Å². The van der Waals surface area contributed by atoms with Crippen LogP contribution in [0.25, 0.3) is 0 Å². The van der Waals surface area contributed by atoms with E-state index in [0.29, 0.717) is 18.4 Å². The molecule has 0 aliphatic heterocycles. The fourth-order valence-corrected chi connectivity index (χ4v) is 12.5. The van der Waals surface area contributed by atoms with Gasteiger partial charge in [0.05, 0.1) is 17.6 Å². The molecule has 0 aromatic heterocycles. The molecule has 0 spiro atoms. The summed E-state index contributed by atoms with van der Waals surface area (Å²) in [5, 5.41) is 3.44. The van der Waals surface area contributed by atoms with E-state index in [1.807, 2.05) is 6.07 Å². The molecule has 0 heterocycles. The first-order valence-corrected chi connectivity index (χ1v) is 18.4. The average Bonchev–Trinajstić information content (AvgIpc) is 3.02. The molecule has 0 radical (unpaired) electrons. The van der Waals surface area contributed by atoms with Gasteiger partial charge in [0.15, 0.2) is 0 Å². The summed E-state index contributed by atoms with van der Waals surface area (Å²) in [6.07, 6.45) is 12.2. The Kier molecular flexibility index (Phi) is 9.37. The van der Waals surface area contributed by atoms with Gasteiger partial charge in [-0.1, -0.05) is 90.4 Å². The number of nitrogens with one attached hydrogen (secondary N) is 1. The van der Waals surface area contributed by atoms with Gasteiger partial charge in [-0.25, -0.2) is 0 Å². The zero-order valence-electron chi connectivity index (χ0n) is 30.9. The maximum absolute atomic E-state index is 14.4. The quantitative estimate of drug-likeness (QED) is 0.214. The molecular formula is C41H63NO5. The molecular weight excluding hydrogens is 586 g/mol. The number of amides is 1. The molecule has 9 atom stereocenters. The van der Waals surface area contributed by atoms with Crippen LogP contribution >= 0.6 is 0 Å². The molecule has 5 aliphatic carbocycles. The van der Waals surface area contributed by atoms with Gasteiger partial charge >= 0.3 is 0 Å². The van der Waals surface area contributed by atoms with Crippen LogP contribution in [-0.2, 0) is 30.3 Å². The predicted octanol–water partition coefficient (Wildman–Crippen LogP) is 8.69. The zero-order chi connectivity index (χ0) is 33.9. The zero-order valence-corrected chi connectivity index (χ0v) is 30.9. The Hall–Kier alpha value is -1.73. The van der Waals surface area contributed by atoms with Gasteiger partial charge in [0, 0.05) is 20.8 Å². The van der Waals surface area contributed by atoms with E-state index in [1.165, 1.54) is 18.4 Å². The summed E-state index contributed by atoms with van der Waals surface area (Å²) in [5.41, 5.74) is 2.88. The van der Waals surface area contributed by atoms with Crippen molar-refractivity contribution in [3.05, 3.63) is 47.5 Å². The highest BCUT2D eigenvalue weighted by atomic mass is 16.7. The molecule has 6 rings (SSSR count). The summed E-state index contributed by atoms with van der Waals surface area (Å²) in [6.45, 7) is 18.6. The third-order valence-electron chi connectivity index (χ3n) is 15.0. The van der Waals surface area contributed by atoms with Crippen LogP contribution in [-0.4, -0.2) is 45.9 Å². The van der Waals surface area contributed by atoms with Gasteiger partial charge in [-0.2, -0.15) is 0 Å². The smallest absolute Gasteiger partial charge is 0.227 e. The lowest BCUT2D eigenvalue weighted by Crippen LogP contribution is -2.67. The van der Waals surface area contributed by atoms with Crippen LogP contribution in [0.3, 0.4) is 0 Å². The van der Waals surface area contributed by atoms with Gasteiger partial charge in [0.2, 0.25) is 5.91 Å². The summed E-state index contributed by atoms with van der Waals surface area (Å²) in [6, 6.07) is 10.4. The molecule has 1 N–H and O–H groups in total. The molecule has 1 aromatic carbocycles. The Bertz CT molecular complexity index is 1320. The predicted molar refractivity (Wildman–Crippen MR) is 186 cm³/mol. The summed E-state index contributed by atoms with van der Waals surface area (Å²) in [7, 11) is 3.40. The topological polar surface area (TPSA) is 66.0 Å². The Morgan fingerprint density at radius 3 is 2.21 bits per heavy atom. The Morgan fingerprint density at radius 1 is 0.830 bits per heavy atom. The molecule has 6 nitrogen and oxygen atoms in total. The number of hydrogen-bond acceptors (Lipinski definition) is 5. The monoisotopic (exact) mass is 649 g/mol. The van der Waals surface area contributed by atoms with Crippen LogP contribution in [0.4, 0.5) is 0 Å². The lowest BCUT2D eigenvalue weighted by molar-refractivity contribution is -0.271. The molecule has 5 aliphatic rings. The third-order valence-corrected chi connectivity index (χ3v) is 15.0. The molecule has 4 saturated carbocycles. The highest BCUT2D eigenvalue weighted by Crippen LogP contribution is 2.76. The van der Waals surface area contributed by atoms with Crippen molar-refractivity contribution < 1.29 is 23.7 Å². The first-order chi connectivity index (χ1) is 22.2. The largest absolute Gasteiger partial charge is 0.359 e. The Morgan fingerprint density at radius 2 is 1.51 bits per heavy atom. The molecule has 4 fully saturated rings. The summed E-state index contributed by atoms with van der Waals surface area (Å²) < 4.78 is 23.7. The van der Waals surface area contributed by atoms with Gasteiger partial charge in [0.1, 0.15) is 13.6 Å². The van der Waals surface area contributed by atoms with E-state index in [4.69, 9.17) is 18.9 Å². The molecule has 47 heavy (non-hydrogen) atoms. The van der Waals surface area contributed by atoms with Crippen molar-refractivity contribution in [2.24, 2.45) is 50.2 Å². The maximum atomic E-state index is 14.4. The standard InChI is InChI=1S/C41H63NO5/c1-36(2)19-21-41(35(43)42-25-28-13-11-10-12-14-28)22-20-39(6)29(30(41)23-36)15-16-33-38(5)24-31(46-26-44-8)34(47-27-45-9)37(3,4)32(38)17-18-40(33,39)7/h10-15,30-34H,16-27H2,1-9H3,(H,42,43)/t30-,31+,32-,33+,34-,38-,39+,40+,41-/m0/s1.